The smallest absolute Gasteiger partial charge is 0.0149 e. The zero-order valence-electron chi connectivity index (χ0n) is 0.378. The SMILES string of the molecule is [AlH3].[MgH2].[Mn].[SiH4]. The third kappa shape index (κ3) is 8.97. The van der Waals surface area contributed by atoms with Crippen LogP contribution in [0.4, 0.5) is 0 Å². The van der Waals surface area contributed by atoms with Gasteiger partial charge in [-0.1, -0.05) is 0 Å². The summed E-state index contributed by atoms with van der Waals surface area (Å²) in [6, 6.07) is 0. The molecule has 4 heteroatoms. The van der Waals surface area contributed by atoms with Gasteiger partial charge < -0.3 is 0 Å². The normalized spacial score (nSPS) is 0. The van der Waals surface area contributed by atoms with Gasteiger partial charge in [0.15, 0.2) is 17.4 Å². The Morgan fingerprint density at radius 3 is 1.00 bits per heavy atom. The van der Waals surface area contributed by atoms with Crippen LogP contribution in [0.1, 0.15) is 0 Å². The van der Waals surface area contributed by atoms with Gasteiger partial charge in [-0.05, 0) is 11.0 Å². The molecule has 0 saturated heterocycles. The Bertz CT molecular complexity index is 8.00. The van der Waals surface area contributed by atoms with Gasteiger partial charge >= 0.3 is 23.1 Å². The predicted octanol–water partition coefficient (Wildman–Crippen LogP) is -3.55. The molecular formula is H9AlMgMnSi. The van der Waals surface area contributed by atoms with E-state index in [1.165, 1.54) is 0 Å². The molecule has 0 aromatic carbocycles. The Labute approximate surface area is 67.9 Å². The first-order valence-electron chi connectivity index (χ1n) is 0. The monoisotopic (exact) mass is 143 g/mol. The molecule has 1 radical (unpaired) electrons. The van der Waals surface area contributed by atoms with Gasteiger partial charge in [0, 0.05) is 17.1 Å². The Balaban J connectivity index is 0. The van der Waals surface area contributed by atoms with Crippen molar-refractivity contribution in [2.45, 2.75) is 0 Å². The summed E-state index contributed by atoms with van der Waals surface area (Å²) < 4.78 is 0. The molecule has 0 heterocycles. The molecule has 0 fully saturated rings. The molecule has 0 aromatic rings. The van der Waals surface area contributed by atoms with Gasteiger partial charge in [0.1, 0.15) is 0 Å². The van der Waals surface area contributed by atoms with E-state index in [4.69, 9.17) is 0 Å². The fraction of sp³-hybridized carbons (Fsp3) is 0. The third-order valence-electron chi connectivity index (χ3n) is 0. The number of hydrogen-bond donors (Lipinski definition) is 0. The number of rotatable bonds is 0. The Morgan fingerprint density at radius 2 is 1.00 bits per heavy atom. The largest absolute Gasteiger partial charge is 0.316 e. The first-order valence-corrected chi connectivity index (χ1v) is 0. The quantitative estimate of drug-likeness (QED) is 0.308. The van der Waals surface area contributed by atoms with Crippen molar-refractivity contribution in [2.75, 3.05) is 0 Å². The summed E-state index contributed by atoms with van der Waals surface area (Å²) in [5.41, 5.74) is 0. The molecule has 0 N–H and O–H groups in total. The van der Waals surface area contributed by atoms with Gasteiger partial charge in [0.2, 0.25) is 0 Å². The molecule has 0 aromatic heterocycles. The summed E-state index contributed by atoms with van der Waals surface area (Å²) in [6.45, 7) is 0. The van der Waals surface area contributed by atoms with Crippen LogP contribution in [0.15, 0.2) is 0 Å². The zero-order chi connectivity index (χ0) is 0. The Hall–Kier alpha value is 2.04. The average Bonchev–Trinajstić information content (AvgIpc) is 0. The van der Waals surface area contributed by atoms with Crippen LogP contribution in [0.5, 0.6) is 0 Å². The van der Waals surface area contributed by atoms with Crippen molar-refractivity contribution in [2.24, 2.45) is 0 Å². The standard InChI is InChI=1S/Al.Mg.Mn.H4Si.5H/h;;;1H4;;;;;. The molecule has 0 nitrogen and oxygen atoms in total. The first kappa shape index (κ1) is 36.9. The van der Waals surface area contributed by atoms with E-state index >= 15 is 0 Å². The van der Waals surface area contributed by atoms with Crippen molar-refractivity contribution < 1.29 is 17.1 Å². The van der Waals surface area contributed by atoms with Gasteiger partial charge in [0.25, 0.3) is 0 Å². The molecule has 4 heavy (non-hydrogen) atoms. The van der Waals surface area contributed by atoms with Crippen LogP contribution in [0, 0.1) is 0 Å². The summed E-state index contributed by atoms with van der Waals surface area (Å²) in [5.74, 6) is 0. The maximum absolute atomic E-state index is 0. The minimum absolute atomic E-state index is 0. The second kappa shape index (κ2) is 19.8. The van der Waals surface area contributed by atoms with Crippen LogP contribution in [0.25, 0.3) is 0 Å². The van der Waals surface area contributed by atoms with Gasteiger partial charge in [-0.3, -0.25) is 0 Å². The maximum atomic E-state index is 0. The van der Waals surface area contributed by atoms with Crippen LogP contribution in [-0.2, 0) is 17.1 Å². The van der Waals surface area contributed by atoms with Gasteiger partial charge in [-0.2, -0.15) is 0 Å². The van der Waals surface area contributed by atoms with E-state index in [1.807, 2.05) is 0 Å². The fourth-order valence-corrected chi connectivity index (χ4v) is 0. The molecule has 0 bridgehead atoms. The zero-order valence-corrected chi connectivity index (χ0v) is 1.56. The van der Waals surface area contributed by atoms with E-state index in [1.54, 1.807) is 0 Å². The van der Waals surface area contributed by atoms with Crippen molar-refractivity contribution in [1.29, 1.82) is 0 Å². The maximum Gasteiger partial charge on any atom is 0.316 e. The summed E-state index contributed by atoms with van der Waals surface area (Å²) in [6.07, 6.45) is 0. The van der Waals surface area contributed by atoms with Gasteiger partial charge in [0.05, 0.1) is 0 Å². The topological polar surface area (TPSA) is 0 Å². The third-order valence-corrected chi connectivity index (χ3v) is 0. The first-order chi connectivity index (χ1) is 0. The molecule has 0 rings (SSSR count). The van der Waals surface area contributed by atoms with Crippen molar-refractivity contribution in [1.82, 2.24) is 0 Å². The van der Waals surface area contributed by atoms with Crippen molar-refractivity contribution in [3.05, 3.63) is 0 Å². The molecule has 0 saturated carbocycles. The molecule has 25 valence electrons. The van der Waals surface area contributed by atoms with E-state index < -0.39 is 0 Å². The minimum Gasteiger partial charge on any atom is -0.0149 e. The molecule has 0 spiro atoms. The van der Waals surface area contributed by atoms with Crippen LogP contribution < -0.4 is 0 Å². The van der Waals surface area contributed by atoms with Gasteiger partial charge in [-0.25, -0.2) is 0 Å². The van der Waals surface area contributed by atoms with Crippen LogP contribution in [-0.4, -0.2) is 51.4 Å². The minimum atomic E-state index is 0. The summed E-state index contributed by atoms with van der Waals surface area (Å²) >= 11 is 0. The van der Waals surface area contributed by atoms with Crippen LogP contribution in [0.2, 0.25) is 0 Å². The second-order valence-corrected chi connectivity index (χ2v) is 0. The van der Waals surface area contributed by atoms with E-state index in [0.29, 0.717) is 0 Å². The Morgan fingerprint density at radius 1 is 1.00 bits per heavy atom. The summed E-state index contributed by atoms with van der Waals surface area (Å²) in [4.78, 5) is 0. The molecular weight excluding hydrogens is 134 g/mol. The van der Waals surface area contributed by atoms with Crippen molar-refractivity contribution in [3.8, 4) is 0 Å². The molecule has 0 aliphatic heterocycles. The fourth-order valence-electron chi connectivity index (χ4n) is 0. The van der Waals surface area contributed by atoms with E-state index in [0.717, 1.165) is 0 Å². The second-order valence-electron chi connectivity index (χ2n) is 0. The van der Waals surface area contributed by atoms with Crippen LogP contribution >= 0.6 is 0 Å². The van der Waals surface area contributed by atoms with E-state index in [9.17, 15) is 0 Å². The molecule has 0 unspecified atom stereocenters. The van der Waals surface area contributed by atoms with E-state index in [2.05, 4.69) is 0 Å². The molecule has 0 atom stereocenters. The van der Waals surface area contributed by atoms with E-state index in [-0.39, 0.29) is 68.4 Å². The van der Waals surface area contributed by atoms with Gasteiger partial charge in [-0.15, -0.1) is 0 Å². The molecule has 0 amide bonds. The number of hydrogen-bond acceptors (Lipinski definition) is 0. The molecule has 0 aliphatic carbocycles. The predicted molar refractivity (Wildman–Crippen MR) is 29.8 cm³/mol. The molecule has 0 aliphatic rings. The average molecular weight is 143 g/mol. The summed E-state index contributed by atoms with van der Waals surface area (Å²) in [5, 5.41) is 0. The van der Waals surface area contributed by atoms with Crippen molar-refractivity contribution >= 4 is 51.4 Å². The Kier molecular flexibility index (Phi) is 183. The van der Waals surface area contributed by atoms with Crippen molar-refractivity contribution in [3.63, 3.8) is 0 Å². The van der Waals surface area contributed by atoms with Crippen LogP contribution in [0.3, 0.4) is 0 Å². The summed E-state index contributed by atoms with van der Waals surface area (Å²) in [7, 11) is 0.